The van der Waals surface area contributed by atoms with E-state index in [4.69, 9.17) is 0 Å². The summed E-state index contributed by atoms with van der Waals surface area (Å²) in [5, 5.41) is 3.56. The van der Waals surface area contributed by atoms with E-state index >= 15 is 0 Å². The van der Waals surface area contributed by atoms with Gasteiger partial charge in [0.05, 0.1) is 0 Å². The first kappa shape index (κ1) is 13.0. The van der Waals surface area contributed by atoms with Crippen LogP contribution in [-0.2, 0) is 0 Å². The molecule has 0 fully saturated rings. The van der Waals surface area contributed by atoms with Gasteiger partial charge in [-0.05, 0) is 38.1 Å². The van der Waals surface area contributed by atoms with E-state index in [1.165, 1.54) is 19.3 Å². The van der Waals surface area contributed by atoms with Crippen molar-refractivity contribution in [2.24, 2.45) is 11.8 Å². The van der Waals surface area contributed by atoms with Crippen molar-refractivity contribution in [2.45, 2.75) is 59.9 Å². The average molecular weight is 185 g/mol. The SMILES string of the molecule is CCCNC(C)C(C)CCC(C)C. The van der Waals surface area contributed by atoms with Gasteiger partial charge < -0.3 is 5.32 Å². The molecule has 0 spiro atoms. The monoisotopic (exact) mass is 185 g/mol. The van der Waals surface area contributed by atoms with Gasteiger partial charge in [-0.1, -0.05) is 34.1 Å². The molecule has 0 saturated carbocycles. The van der Waals surface area contributed by atoms with Gasteiger partial charge >= 0.3 is 0 Å². The Hall–Kier alpha value is -0.0400. The largest absolute Gasteiger partial charge is 0.314 e. The van der Waals surface area contributed by atoms with Crippen LogP contribution in [0.25, 0.3) is 0 Å². The van der Waals surface area contributed by atoms with Crippen molar-refractivity contribution in [1.29, 1.82) is 0 Å². The minimum atomic E-state index is 0.679. The molecule has 80 valence electrons. The first-order valence-corrected chi connectivity index (χ1v) is 5.81. The van der Waals surface area contributed by atoms with Crippen molar-refractivity contribution < 1.29 is 0 Å². The van der Waals surface area contributed by atoms with E-state index in [1.807, 2.05) is 0 Å². The van der Waals surface area contributed by atoms with Crippen molar-refractivity contribution >= 4 is 0 Å². The van der Waals surface area contributed by atoms with Crippen LogP contribution in [0.1, 0.15) is 53.9 Å². The number of hydrogen-bond donors (Lipinski definition) is 1. The van der Waals surface area contributed by atoms with Crippen molar-refractivity contribution in [2.75, 3.05) is 6.54 Å². The first-order chi connectivity index (χ1) is 6.07. The molecule has 2 unspecified atom stereocenters. The molecule has 2 atom stereocenters. The third kappa shape index (κ3) is 7.06. The number of rotatable bonds is 7. The van der Waals surface area contributed by atoms with E-state index in [-0.39, 0.29) is 0 Å². The molecule has 1 N–H and O–H groups in total. The summed E-state index contributed by atoms with van der Waals surface area (Å²) in [6.07, 6.45) is 3.95. The van der Waals surface area contributed by atoms with Crippen LogP contribution in [0.5, 0.6) is 0 Å². The smallest absolute Gasteiger partial charge is 0.00643 e. The molecule has 13 heavy (non-hydrogen) atoms. The van der Waals surface area contributed by atoms with Gasteiger partial charge in [0.1, 0.15) is 0 Å². The van der Waals surface area contributed by atoms with Gasteiger partial charge in [0.25, 0.3) is 0 Å². The predicted octanol–water partition coefficient (Wildman–Crippen LogP) is 3.45. The highest BCUT2D eigenvalue weighted by Gasteiger charge is 2.11. The van der Waals surface area contributed by atoms with Crippen molar-refractivity contribution in [3.63, 3.8) is 0 Å². The Morgan fingerprint density at radius 1 is 1.00 bits per heavy atom. The van der Waals surface area contributed by atoms with Gasteiger partial charge in [0.15, 0.2) is 0 Å². The maximum atomic E-state index is 3.56. The van der Waals surface area contributed by atoms with Gasteiger partial charge in [0, 0.05) is 6.04 Å². The topological polar surface area (TPSA) is 12.0 Å². The lowest BCUT2D eigenvalue weighted by atomic mass is 9.94. The Balaban J connectivity index is 3.50. The fraction of sp³-hybridized carbons (Fsp3) is 1.00. The molecule has 1 nitrogen and oxygen atoms in total. The lowest BCUT2D eigenvalue weighted by Gasteiger charge is -2.21. The average Bonchev–Trinajstić information content (AvgIpc) is 2.10. The first-order valence-electron chi connectivity index (χ1n) is 5.81. The summed E-state index contributed by atoms with van der Waals surface area (Å²) in [7, 11) is 0. The van der Waals surface area contributed by atoms with Crippen molar-refractivity contribution in [3.05, 3.63) is 0 Å². The minimum Gasteiger partial charge on any atom is -0.314 e. The molecule has 0 heterocycles. The van der Waals surface area contributed by atoms with Crippen LogP contribution in [0, 0.1) is 11.8 Å². The zero-order chi connectivity index (χ0) is 10.3. The highest BCUT2D eigenvalue weighted by molar-refractivity contribution is 4.68. The summed E-state index contributed by atoms with van der Waals surface area (Å²) in [4.78, 5) is 0. The number of nitrogens with one attached hydrogen (secondary N) is 1. The third-order valence-electron chi connectivity index (χ3n) is 2.77. The second-order valence-corrected chi connectivity index (χ2v) is 4.69. The lowest BCUT2D eigenvalue weighted by molar-refractivity contribution is 0.353. The summed E-state index contributed by atoms with van der Waals surface area (Å²) >= 11 is 0. The van der Waals surface area contributed by atoms with E-state index in [9.17, 15) is 0 Å². The molecule has 0 amide bonds. The molecule has 1 heteroatoms. The Bertz CT molecular complexity index is 110. The van der Waals surface area contributed by atoms with Crippen LogP contribution >= 0.6 is 0 Å². The maximum Gasteiger partial charge on any atom is 0.00643 e. The molecule has 0 aliphatic heterocycles. The minimum absolute atomic E-state index is 0.679. The zero-order valence-corrected chi connectivity index (χ0v) is 10.1. The quantitative estimate of drug-likeness (QED) is 0.640. The Morgan fingerprint density at radius 3 is 2.08 bits per heavy atom. The van der Waals surface area contributed by atoms with Crippen LogP contribution in [0.2, 0.25) is 0 Å². The van der Waals surface area contributed by atoms with E-state index < -0.39 is 0 Å². The van der Waals surface area contributed by atoms with Gasteiger partial charge in [-0.2, -0.15) is 0 Å². The zero-order valence-electron chi connectivity index (χ0n) is 10.1. The highest BCUT2D eigenvalue weighted by Crippen LogP contribution is 2.14. The molecule has 0 rings (SSSR count). The van der Waals surface area contributed by atoms with Crippen molar-refractivity contribution in [1.82, 2.24) is 5.32 Å². The molecule has 0 bridgehead atoms. The van der Waals surface area contributed by atoms with Crippen LogP contribution < -0.4 is 5.32 Å². The van der Waals surface area contributed by atoms with Crippen LogP contribution in [0.4, 0.5) is 0 Å². The molecular weight excluding hydrogens is 158 g/mol. The second-order valence-electron chi connectivity index (χ2n) is 4.69. The highest BCUT2D eigenvalue weighted by atomic mass is 14.9. The van der Waals surface area contributed by atoms with Gasteiger partial charge in [-0.25, -0.2) is 0 Å². The second kappa shape index (κ2) is 7.37. The Kier molecular flexibility index (Phi) is 7.35. The fourth-order valence-corrected chi connectivity index (χ4v) is 1.42. The normalized spacial score (nSPS) is 16.2. The third-order valence-corrected chi connectivity index (χ3v) is 2.77. The Morgan fingerprint density at radius 2 is 1.62 bits per heavy atom. The molecule has 0 saturated heterocycles. The molecule has 0 aromatic heterocycles. The molecule has 0 radical (unpaired) electrons. The predicted molar refractivity (Wildman–Crippen MR) is 61.0 cm³/mol. The van der Waals surface area contributed by atoms with Crippen LogP contribution in [0.15, 0.2) is 0 Å². The summed E-state index contributed by atoms with van der Waals surface area (Å²) < 4.78 is 0. The van der Waals surface area contributed by atoms with E-state index in [1.54, 1.807) is 0 Å². The van der Waals surface area contributed by atoms with Gasteiger partial charge in [-0.15, -0.1) is 0 Å². The van der Waals surface area contributed by atoms with E-state index in [0.717, 1.165) is 18.4 Å². The number of hydrogen-bond acceptors (Lipinski definition) is 1. The summed E-state index contributed by atoms with van der Waals surface area (Å²) in [5.74, 6) is 1.66. The van der Waals surface area contributed by atoms with E-state index in [2.05, 4.69) is 39.9 Å². The maximum absolute atomic E-state index is 3.56. The van der Waals surface area contributed by atoms with Gasteiger partial charge in [-0.3, -0.25) is 0 Å². The molecule has 0 aliphatic rings. The lowest BCUT2D eigenvalue weighted by Crippen LogP contribution is -2.32. The Labute approximate surface area is 84.3 Å². The summed E-state index contributed by atoms with van der Waals surface area (Å²) in [6.45, 7) is 12.6. The fourth-order valence-electron chi connectivity index (χ4n) is 1.42. The summed E-state index contributed by atoms with van der Waals surface area (Å²) in [6, 6.07) is 0.679. The molecule has 0 aliphatic carbocycles. The standard InChI is InChI=1S/C12H27N/c1-6-9-13-12(5)11(4)8-7-10(2)3/h10-13H,6-9H2,1-5H3. The molecular formula is C12H27N. The summed E-state index contributed by atoms with van der Waals surface area (Å²) in [5.41, 5.74) is 0. The van der Waals surface area contributed by atoms with Crippen molar-refractivity contribution in [3.8, 4) is 0 Å². The van der Waals surface area contributed by atoms with Gasteiger partial charge in [0.2, 0.25) is 0 Å². The van der Waals surface area contributed by atoms with Crippen LogP contribution in [-0.4, -0.2) is 12.6 Å². The molecule has 0 aromatic carbocycles. The van der Waals surface area contributed by atoms with Crippen LogP contribution in [0.3, 0.4) is 0 Å². The molecule has 0 aromatic rings. The van der Waals surface area contributed by atoms with E-state index in [0.29, 0.717) is 6.04 Å².